The van der Waals surface area contributed by atoms with Crippen LogP contribution in [0, 0.1) is 0 Å². The van der Waals surface area contributed by atoms with Crippen LogP contribution >= 0.6 is 11.8 Å². The summed E-state index contributed by atoms with van der Waals surface area (Å²) >= 11 is 1.75. The van der Waals surface area contributed by atoms with E-state index >= 15 is 0 Å². The van der Waals surface area contributed by atoms with Gasteiger partial charge in [0.25, 0.3) is 0 Å². The van der Waals surface area contributed by atoms with Crippen LogP contribution in [0.1, 0.15) is 59.3 Å². The molecule has 2 saturated heterocycles. The quantitative estimate of drug-likeness (QED) is 0.767. The third kappa shape index (κ3) is 3.13. The van der Waals surface area contributed by atoms with Crippen molar-refractivity contribution in [1.29, 1.82) is 0 Å². The van der Waals surface area contributed by atoms with Gasteiger partial charge in [-0.25, -0.2) is 0 Å². The van der Waals surface area contributed by atoms with Gasteiger partial charge in [0, 0.05) is 18.2 Å². The Morgan fingerprint density at radius 2 is 2.30 bits per heavy atom. The smallest absolute Gasteiger partial charge is 0.243 e. The molecular formula is C15H26N2O2S. The molecule has 3 atom stereocenters. The van der Waals surface area contributed by atoms with Crippen LogP contribution in [0.2, 0.25) is 0 Å². The van der Waals surface area contributed by atoms with Crippen LogP contribution in [-0.4, -0.2) is 39.4 Å². The lowest BCUT2D eigenvalue weighted by molar-refractivity contribution is -0.138. The minimum absolute atomic E-state index is 0.0282. The zero-order valence-electron chi connectivity index (χ0n) is 12.8. The Kier molecular flexibility index (Phi) is 4.99. The molecule has 1 N–H and O–H groups in total. The van der Waals surface area contributed by atoms with E-state index in [9.17, 15) is 9.59 Å². The molecule has 5 heteroatoms. The average Bonchev–Trinajstić information content (AvgIpc) is 2.87. The number of rotatable bonds is 6. The Labute approximate surface area is 126 Å². The van der Waals surface area contributed by atoms with Crippen molar-refractivity contribution in [3.05, 3.63) is 0 Å². The molecule has 20 heavy (non-hydrogen) atoms. The molecule has 0 aromatic carbocycles. The standard InChI is InChI=1S/C15H26N2O2S/c1-4-5-6-7-11(2)16-14(19)12-10-20-15(3)9-8-13(18)17(12)15/h11-12H,4-10H2,1-3H3,(H,16,19). The largest absolute Gasteiger partial charge is 0.352 e. The maximum absolute atomic E-state index is 12.4. The first kappa shape index (κ1) is 15.7. The molecule has 0 radical (unpaired) electrons. The van der Waals surface area contributed by atoms with Crippen LogP contribution in [0.25, 0.3) is 0 Å². The van der Waals surface area contributed by atoms with Gasteiger partial charge in [0.15, 0.2) is 0 Å². The number of amides is 2. The second-order valence-corrected chi connectivity index (χ2v) is 7.67. The van der Waals surface area contributed by atoms with Gasteiger partial charge < -0.3 is 10.2 Å². The van der Waals surface area contributed by atoms with E-state index in [-0.39, 0.29) is 28.8 Å². The lowest BCUT2D eigenvalue weighted by Crippen LogP contribution is -2.51. The Bertz CT molecular complexity index is 388. The Morgan fingerprint density at radius 1 is 1.55 bits per heavy atom. The molecular weight excluding hydrogens is 272 g/mol. The lowest BCUT2D eigenvalue weighted by Gasteiger charge is -2.30. The van der Waals surface area contributed by atoms with E-state index in [0.717, 1.165) is 25.0 Å². The van der Waals surface area contributed by atoms with Gasteiger partial charge in [-0.15, -0.1) is 11.8 Å². The summed E-state index contributed by atoms with van der Waals surface area (Å²) in [7, 11) is 0. The summed E-state index contributed by atoms with van der Waals surface area (Å²) in [5.41, 5.74) is 0. The number of thioether (sulfide) groups is 1. The van der Waals surface area contributed by atoms with Crippen LogP contribution < -0.4 is 5.32 Å². The van der Waals surface area contributed by atoms with E-state index in [2.05, 4.69) is 26.1 Å². The molecule has 2 rings (SSSR count). The summed E-state index contributed by atoms with van der Waals surface area (Å²) in [5, 5.41) is 3.08. The first-order chi connectivity index (χ1) is 9.48. The predicted molar refractivity (Wildman–Crippen MR) is 82.5 cm³/mol. The number of unbranched alkanes of at least 4 members (excludes halogenated alkanes) is 2. The van der Waals surface area contributed by atoms with E-state index in [1.807, 2.05) is 4.90 Å². The lowest BCUT2D eigenvalue weighted by atomic mass is 10.1. The third-order valence-corrected chi connectivity index (χ3v) is 5.88. The highest BCUT2D eigenvalue weighted by Crippen LogP contribution is 2.47. The molecule has 4 nitrogen and oxygen atoms in total. The second-order valence-electron chi connectivity index (χ2n) is 6.17. The van der Waals surface area contributed by atoms with Crippen molar-refractivity contribution >= 4 is 23.6 Å². The van der Waals surface area contributed by atoms with Gasteiger partial charge in [-0.1, -0.05) is 26.2 Å². The fourth-order valence-corrected chi connectivity index (χ4v) is 4.56. The van der Waals surface area contributed by atoms with Crippen LogP contribution in [0.15, 0.2) is 0 Å². The molecule has 0 aromatic heterocycles. The first-order valence-corrected chi connectivity index (χ1v) is 8.73. The Morgan fingerprint density at radius 3 is 3.00 bits per heavy atom. The highest BCUT2D eigenvalue weighted by molar-refractivity contribution is 8.01. The van der Waals surface area contributed by atoms with Gasteiger partial charge in [-0.2, -0.15) is 0 Å². The van der Waals surface area contributed by atoms with E-state index in [0.29, 0.717) is 6.42 Å². The van der Waals surface area contributed by atoms with Gasteiger partial charge in [0.2, 0.25) is 11.8 Å². The monoisotopic (exact) mass is 298 g/mol. The van der Waals surface area contributed by atoms with Crippen molar-refractivity contribution in [3.8, 4) is 0 Å². The number of carbonyl (C=O) groups is 2. The summed E-state index contributed by atoms with van der Waals surface area (Å²) in [5.74, 6) is 0.896. The van der Waals surface area contributed by atoms with Crippen LogP contribution in [-0.2, 0) is 9.59 Å². The Hall–Kier alpha value is -0.710. The zero-order valence-corrected chi connectivity index (χ0v) is 13.6. The fraction of sp³-hybridized carbons (Fsp3) is 0.867. The summed E-state index contributed by atoms with van der Waals surface area (Å²) in [4.78, 5) is 26.1. The van der Waals surface area contributed by atoms with Crippen molar-refractivity contribution in [3.63, 3.8) is 0 Å². The van der Waals surface area contributed by atoms with Gasteiger partial charge in [0.05, 0.1) is 4.87 Å². The maximum Gasteiger partial charge on any atom is 0.243 e. The molecule has 0 aliphatic carbocycles. The predicted octanol–water partition coefficient (Wildman–Crippen LogP) is 2.53. The van der Waals surface area contributed by atoms with Crippen molar-refractivity contribution < 1.29 is 9.59 Å². The van der Waals surface area contributed by atoms with Crippen molar-refractivity contribution in [1.82, 2.24) is 10.2 Å². The SMILES string of the molecule is CCCCCC(C)NC(=O)C1CSC2(C)CCC(=O)N12. The van der Waals surface area contributed by atoms with E-state index < -0.39 is 0 Å². The molecule has 2 aliphatic heterocycles. The summed E-state index contributed by atoms with van der Waals surface area (Å²) in [6.45, 7) is 6.32. The van der Waals surface area contributed by atoms with E-state index in [1.54, 1.807) is 11.8 Å². The number of nitrogens with one attached hydrogen (secondary N) is 1. The summed E-state index contributed by atoms with van der Waals surface area (Å²) < 4.78 is 0. The number of hydrogen-bond acceptors (Lipinski definition) is 3. The number of fused-ring (bicyclic) bond motifs is 1. The average molecular weight is 298 g/mol. The summed E-state index contributed by atoms with van der Waals surface area (Å²) in [6.07, 6.45) is 6.02. The zero-order chi connectivity index (χ0) is 14.8. The normalized spacial score (nSPS) is 30.4. The highest BCUT2D eigenvalue weighted by Gasteiger charge is 2.52. The number of nitrogens with zero attached hydrogens (tertiary/aromatic N) is 1. The van der Waals surface area contributed by atoms with Crippen molar-refractivity contribution in [2.45, 2.75) is 76.3 Å². The van der Waals surface area contributed by atoms with Gasteiger partial charge in [-0.05, 0) is 26.7 Å². The topological polar surface area (TPSA) is 49.4 Å². The van der Waals surface area contributed by atoms with Crippen LogP contribution in [0.3, 0.4) is 0 Å². The number of carbonyl (C=O) groups excluding carboxylic acids is 2. The maximum atomic E-state index is 12.4. The Balaban J connectivity index is 1.88. The fourth-order valence-electron chi connectivity index (χ4n) is 3.13. The molecule has 2 aliphatic rings. The second kappa shape index (κ2) is 6.37. The molecule has 2 fully saturated rings. The first-order valence-electron chi connectivity index (χ1n) is 7.74. The molecule has 114 valence electrons. The summed E-state index contributed by atoms with van der Waals surface area (Å²) in [6, 6.07) is -0.0720. The third-order valence-electron chi connectivity index (χ3n) is 4.38. The van der Waals surface area contributed by atoms with Gasteiger partial charge in [-0.3, -0.25) is 9.59 Å². The van der Waals surface area contributed by atoms with Crippen LogP contribution in [0.4, 0.5) is 0 Å². The van der Waals surface area contributed by atoms with Gasteiger partial charge in [0.1, 0.15) is 6.04 Å². The molecule has 2 heterocycles. The minimum atomic E-state index is -0.270. The van der Waals surface area contributed by atoms with E-state index in [4.69, 9.17) is 0 Å². The molecule has 2 amide bonds. The minimum Gasteiger partial charge on any atom is -0.352 e. The molecule has 0 bridgehead atoms. The molecule has 0 spiro atoms. The molecule has 3 unspecified atom stereocenters. The number of hydrogen-bond donors (Lipinski definition) is 1. The highest BCUT2D eigenvalue weighted by atomic mass is 32.2. The van der Waals surface area contributed by atoms with Gasteiger partial charge >= 0.3 is 0 Å². The van der Waals surface area contributed by atoms with Crippen molar-refractivity contribution in [2.75, 3.05) is 5.75 Å². The van der Waals surface area contributed by atoms with Crippen LogP contribution in [0.5, 0.6) is 0 Å². The van der Waals surface area contributed by atoms with Crippen molar-refractivity contribution in [2.24, 2.45) is 0 Å². The molecule has 0 saturated carbocycles. The van der Waals surface area contributed by atoms with E-state index in [1.165, 1.54) is 12.8 Å². The molecule has 0 aromatic rings.